The summed E-state index contributed by atoms with van der Waals surface area (Å²) in [5.41, 5.74) is 1.18. The minimum atomic E-state index is -0.887. The molecule has 1 saturated carbocycles. The fourth-order valence-corrected chi connectivity index (χ4v) is 4.67. The van der Waals surface area contributed by atoms with Gasteiger partial charge in [-0.15, -0.1) is 0 Å². The Hall–Kier alpha value is -1.92. The van der Waals surface area contributed by atoms with E-state index in [4.69, 9.17) is 14.2 Å². The Labute approximate surface area is 153 Å². The number of esters is 2. The molecule has 0 bridgehead atoms. The van der Waals surface area contributed by atoms with Crippen molar-refractivity contribution in [1.82, 2.24) is 0 Å². The van der Waals surface area contributed by atoms with Gasteiger partial charge in [-0.1, -0.05) is 24.8 Å². The van der Waals surface area contributed by atoms with Crippen LogP contribution in [0.4, 0.5) is 0 Å². The van der Waals surface area contributed by atoms with Crippen LogP contribution < -0.4 is 0 Å². The van der Waals surface area contributed by atoms with E-state index in [9.17, 15) is 14.7 Å². The third kappa shape index (κ3) is 2.91. The first-order chi connectivity index (χ1) is 12.2. The molecule has 0 radical (unpaired) electrons. The van der Waals surface area contributed by atoms with Gasteiger partial charge in [-0.2, -0.15) is 0 Å². The number of aliphatic hydroxyl groups is 1. The van der Waals surface area contributed by atoms with Crippen LogP contribution in [0.1, 0.15) is 33.6 Å². The Morgan fingerprint density at radius 2 is 2.08 bits per heavy atom. The molecule has 1 N–H and O–H groups in total. The summed E-state index contributed by atoms with van der Waals surface area (Å²) in [7, 11) is 0. The predicted molar refractivity (Wildman–Crippen MR) is 93.8 cm³/mol. The quantitative estimate of drug-likeness (QED) is 0.471. The number of hydrogen-bond donors (Lipinski definition) is 1. The largest absolute Gasteiger partial charge is 0.458 e. The van der Waals surface area contributed by atoms with Gasteiger partial charge in [0, 0.05) is 28.9 Å². The Balaban J connectivity index is 2.00. The zero-order valence-electron chi connectivity index (χ0n) is 15.5. The average molecular weight is 362 g/mol. The highest BCUT2D eigenvalue weighted by molar-refractivity contribution is 5.92. The van der Waals surface area contributed by atoms with Crippen LogP contribution >= 0.6 is 0 Å². The molecule has 0 amide bonds. The van der Waals surface area contributed by atoms with Gasteiger partial charge in [-0.25, -0.2) is 9.59 Å². The molecule has 2 heterocycles. The van der Waals surface area contributed by atoms with E-state index < -0.39 is 41.8 Å². The van der Waals surface area contributed by atoms with Gasteiger partial charge in [-0.05, 0) is 27.2 Å². The fraction of sp³-hybridized carbons (Fsp3) is 0.600. The maximum absolute atomic E-state index is 12.4. The highest BCUT2D eigenvalue weighted by Gasteiger charge is 2.62. The molecule has 1 aliphatic carbocycles. The van der Waals surface area contributed by atoms with Gasteiger partial charge in [0.1, 0.15) is 12.2 Å². The zero-order chi connectivity index (χ0) is 19.2. The summed E-state index contributed by atoms with van der Waals surface area (Å²) in [6.07, 6.45) is 0.560. The predicted octanol–water partition coefficient (Wildman–Crippen LogP) is 2.28. The Morgan fingerprint density at radius 1 is 1.38 bits per heavy atom. The molecule has 6 heteroatoms. The van der Waals surface area contributed by atoms with Crippen molar-refractivity contribution in [3.05, 3.63) is 36.0 Å². The van der Waals surface area contributed by atoms with Gasteiger partial charge >= 0.3 is 11.9 Å². The molecule has 0 aromatic heterocycles. The van der Waals surface area contributed by atoms with Gasteiger partial charge in [0.05, 0.1) is 12.5 Å². The third-order valence-corrected chi connectivity index (χ3v) is 5.95. The number of hydrogen-bond acceptors (Lipinski definition) is 6. The van der Waals surface area contributed by atoms with Crippen LogP contribution in [0.2, 0.25) is 0 Å². The highest BCUT2D eigenvalue weighted by Crippen LogP contribution is 2.57. The number of rotatable bonds is 3. The molecule has 26 heavy (non-hydrogen) atoms. The molecule has 3 rings (SSSR count). The van der Waals surface area contributed by atoms with Crippen LogP contribution in [0.25, 0.3) is 0 Å². The molecule has 3 fully saturated rings. The van der Waals surface area contributed by atoms with Crippen molar-refractivity contribution in [3.63, 3.8) is 0 Å². The minimum Gasteiger partial charge on any atom is -0.458 e. The number of aliphatic hydroxyl groups excluding tert-OH is 1. The lowest BCUT2D eigenvalue weighted by Crippen LogP contribution is -2.53. The molecule has 3 aliphatic rings. The third-order valence-electron chi connectivity index (χ3n) is 5.95. The summed E-state index contributed by atoms with van der Waals surface area (Å²) >= 11 is 0. The molecule has 2 aliphatic heterocycles. The summed E-state index contributed by atoms with van der Waals surface area (Å²) in [6, 6.07) is 0. The molecular formula is C20H26O6. The van der Waals surface area contributed by atoms with Crippen LogP contribution in [-0.2, 0) is 23.8 Å². The number of carbonyl (C=O) groups is 2. The molecule has 0 unspecified atom stereocenters. The second-order valence-corrected chi connectivity index (χ2v) is 7.70. The van der Waals surface area contributed by atoms with Crippen LogP contribution in [0, 0.1) is 17.3 Å². The lowest BCUT2D eigenvalue weighted by Gasteiger charge is -2.48. The average Bonchev–Trinajstić information content (AvgIpc) is 3.07. The maximum atomic E-state index is 12.4. The Morgan fingerprint density at radius 3 is 2.62 bits per heavy atom. The second-order valence-electron chi connectivity index (χ2n) is 7.70. The van der Waals surface area contributed by atoms with Gasteiger partial charge < -0.3 is 19.3 Å². The van der Waals surface area contributed by atoms with E-state index in [0.717, 1.165) is 5.57 Å². The van der Waals surface area contributed by atoms with Crippen molar-refractivity contribution in [2.24, 2.45) is 17.3 Å². The monoisotopic (exact) mass is 362 g/mol. The SMILES string of the molecule is C=C1C(=O)O[C@H]2[C@H]1[C@H](OC(=O)/C(C)=C\C)C[C@]1(CO[C@H](O)C1)[C@@H]2C(=C)C. The second kappa shape index (κ2) is 6.67. The molecular weight excluding hydrogens is 336 g/mol. The highest BCUT2D eigenvalue weighted by atomic mass is 16.6. The standard InChI is InChI=1S/C20H26O6/c1-6-11(4)18(22)25-13-7-20(8-14(21)24-9-20)16(10(2)3)17-15(13)12(5)19(23)26-17/h6,13-17,21H,2,5,7-9H2,1,3-4H3/b11-6-/t13-,14+,15-,16-,17+,20+/m1/s1. The van der Waals surface area contributed by atoms with Gasteiger partial charge in [0.15, 0.2) is 6.29 Å². The fourth-order valence-electron chi connectivity index (χ4n) is 4.67. The molecule has 1 spiro atoms. The van der Waals surface area contributed by atoms with Crippen molar-refractivity contribution in [3.8, 4) is 0 Å². The van der Waals surface area contributed by atoms with Crippen molar-refractivity contribution in [2.45, 2.75) is 52.1 Å². The minimum absolute atomic E-state index is 0.189. The molecule has 2 saturated heterocycles. The van der Waals surface area contributed by atoms with Gasteiger partial charge in [0.2, 0.25) is 0 Å². The first-order valence-electron chi connectivity index (χ1n) is 8.89. The smallest absolute Gasteiger partial charge is 0.334 e. The van der Waals surface area contributed by atoms with E-state index >= 15 is 0 Å². The molecule has 142 valence electrons. The lowest BCUT2D eigenvalue weighted by molar-refractivity contribution is -0.163. The van der Waals surface area contributed by atoms with Crippen molar-refractivity contribution in [1.29, 1.82) is 0 Å². The van der Waals surface area contributed by atoms with Crippen LogP contribution in [0.3, 0.4) is 0 Å². The summed E-state index contributed by atoms with van der Waals surface area (Å²) in [5.74, 6) is -1.50. The summed E-state index contributed by atoms with van der Waals surface area (Å²) < 4.78 is 16.8. The van der Waals surface area contributed by atoms with Crippen LogP contribution in [0.15, 0.2) is 36.0 Å². The van der Waals surface area contributed by atoms with E-state index in [-0.39, 0.29) is 5.92 Å². The number of fused-ring (bicyclic) bond motifs is 1. The van der Waals surface area contributed by atoms with E-state index in [1.54, 1.807) is 19.9 Å². The number of allylic oxidation sites excluding steroid dienone is 1. The van der Waals surface area contributed by atoms with E-state index in [2.05, 4.69) is 13.2 Å². The topological polar surface area (TPSA) is 82.1 Å². The van der Waals surface area contributed by atoms with Crippen molar-refractivity contribution >= 4 is 11.9 Å². The van der Waals surface area contributed by atoms with Crippen LogP contribution in [0.5, 0.6) is 0 Å². The van der Waals surface area contributed by atoms with Gasteiger partial charge in [0.25, 0.3) is 0 Å². The lowest BCUT2D eigenvalue weighted by atomic mass is 9.58. The summed E-state index contributed by atoms with van der Waals surface area (Å²) in [6.45, 7) is 13.6. The van der Waals surface area contributed by atoms with Gasteiger partial charge in [-0.3, -0.25) is 0 Å². The Bertz CT molecular complexity index is 692. The molecule has 6 atom stereocenters. The summed E-state index contributed by atoms with van der Waals surface area (Å²) in [4.78, 5) is 24.6. The van der Waals surface area contributed by atoms with E-state index in [0.29, 0.717) is 30.6 Å². The maximum Gasteiger partial charge on any atom is 0.334 e. The first kappa shape index (κ1) is 18.9. The van der Waals surface area contributed by atoms with E-state index in [1.807, 2.05) is 6.92 Å². The first-order valence-corrected chi connectivity index (χ1v) is 8.89. The molecule has 0 aromatic carbocycles. The van der Waals surface area contributed by atoms with Crippen LogP contribution in [-0.4, -0.2) is 42.1 Å². The Kier molecular flexibility index (Phi) is 4.84. The van der Waals surface area contributed by atoms with Crippen molar-refractivity contribution in [2.75, 3.05) is 6.61 Å². The normalized spacial score (nSPS) is 39.7. The molecule has 0 aromatic rings. The van der Waals surface area contributed by atoms with E-state index in [1.165, 1.54) is 0 Å². The number of carbonyl (C=O) groups excluding carboxylic acids is 2. The van der Waals surface area contributed by atoms with Crippen molar-refractivity contribution < 1.29 is 28.9 Å². The summed E-state index contributed by atoms with van der Waals surface area (Å²) in [5, 5.41) is 9.99. The number of ether oxygens (including phenoxy) is 3. The zero-order valence-corrected chi connectivity index (χ0v) is 15.5. The molecule has 6 nitrogen and oxygen atoms in total.